The van der Waals surface area contributed by atoms with Crippen LogP contribution in [0.1, 0.15) is 36.0 Å². The molecule has 0 radical (unpaired) electrons. The largest absolute Gasteiger partial charge is 0.338 e. The number of fused-ring (bicyclic) bond motifs is 1. The number of carbonyl (C=O) groups is 1. The zero-order valence-electron chi connectivity index (χ0n) is 10.4. The summed E-state index contributed by atoms with van der Waals surface area (Å²) >= 11 is 0. The summed E-state index contributed by atoms with van der Waals surface area (Å²) in [6, 6.07) is 3.08. The summed E-state index contributed by atoms with van der Waals surface area (Å²) in [6.07, 6.45) is 6.65. The van der Waals surface area contributed by atoms with Gasteiger partial charge in [0.1, 0.15) is 0 Å². The molecule has 1 saturated carbocycles. The molecule has 0 aromatic carbocycles. The fourth-order valence-electron chi connectivity index (χ4n) is 3.33. The molecule has 1 aliphatic heterocycles. The summed E-state index contributed by atoms with van der Waals surface area (Å²) in [5.41, 5.74) is 0.301. The number of pyridine rings is 1. The van der Waals surface area contributed by atoms with Crippen LogP contribution in [-0.2, 0) is 0 Å². The summed E-state index contributed by atoms with van der Waals surface area (Å²) in [4.78, 5) is 28.0. The molecule has 4 nitrogen and oxygen atoms in total. The van der Waals surface area contributed by atoms with E-state index < -0.39 is 0 Å². The van der Waals surface area contributed by atoms with E-state index in [-0.39, 0.29) is 11.5 Å². The number of likely N-dealkylation sites (tertiary alicyclic amines) is 1. The molecule has 0 bridgehead atoms. The number of amides is 1. The first-order valence-corrected chi connectivity index (χ1v) is 6.72. The minimum absolute atomic E-state index is 0.00972. The highest BCUT2D eigenvalue weighted by molar-refractivity contribution is 5.94. The maximum absolute atomic E-state index is 12.3. The third-order valence-corrected chi connectivity index (χ3v) is 4.29. The molecule has 1 N–H and O–H groups in total. The lowest BCUT2D eigenvalue weighted by Gasteiger charge is -2.22. The van der Waals surface area contributed by atoms with E-state index in [0.717, 1.165) is 13.1 Å². The van der Waals surface area contributed by atoms with Gasteiger partial charge in [0.15, 0.2) is 0 Å². The maximum Gasteiger partial charge on any atom is 0.254 e. The molecule has 96 valence electrons. The normalized spacial score (nSPS) is 27.0. The molecule has 1 aromatic rings. The van der Waals surface area contributed by atoms with Crippen LogP contribution in [0.3, 0.4) is 0 Å². The molecule has 3 rings (SSSR count). The Hall–Kier alpha value is -1.58. The Balaban J connectivity index is 1.76. The smallest absolute Gasteiger partial charge is 0.254 e. The number of H-pyrrole nitrogens is 1. The van der Waals surface area contributed by atoms with E-state index in [1.807, 2.05) is 4.90 Å². The molecule has 4 heteroatoms. The zero-order chi connectivity index (χ0) is 12.5. The van der Waals surface area contributed by atoms with E-state index in [4.69, 9.17) is 0 Å². The van der Waals surface area contributed by atoms with Crippen LogP contribution < -0.4 is 5.56 Å². The quantitative estimate of drug-likeness (QED) is 0.819. The first-order chi connectivity index (χ1) is 8.74. The molecule has 1 amide bonds. The summed E-state index contributed by atoms with van der Waals surface area (Å²) in [5.74, 6) is 1.38. The van der Waals surface area contributed by atoms with Gasteiger partial charge in [0.2, 0.25) is 5.56 Å². The van der Waals surface area contributed by atoms with Gasteiger partial charge in [-0.2, -0.15) is 0 Å². The maximum atomic E-state index is 12.3. The Morgan fingerprint density at radius 1 is 1.22 bits per heavy atom. The molecule has 2 aliphatic rings. The van der Waals surface area contributed by atoms with E-state index in [2.05, 4.69) is 4.98 Å². The summed E-state index contributed by atoms with van der Waals surface area (Å²) in [7, 11) is 0. The third-order valence-electron chi connectivity index (χ3n) is 4.29. The van der Waals surface area contributed by atoms with Crippen molar-refractivity contribution in [2.75, 3.05) is 13.1 Å². The van der Waals surface area contributed by atoms with Crippen molar-refractivity contribution in [3.63, 3.8) is 0 Å². The van der Waals surface area contributed by atoms with E-state index in [1.54, 1.807) is 12.3 Å². The van der Waals surface area contributed by atoms with Gasteiger partial charge in [0.25, 0.3) is 5.91 Å². The van der Waals surface area contributed by atoms with Crippen molar-refractivity contribution in [2.45, 2.75) is 25.7 Å². The topological polar surface area (TPSA) is 53.2 Å². The van der Waals surface area contributed by atoms with Crippen molar-refractivity contribution in [1.29, 1.82) is 0 Å². The molecule has 1 aliphatic carbocycles. The minimum atomic E-state index is -0.211. The first-order valence-electron chi connectivity index (χ1n) is 6.72. The summed E-state index contributed by atoms with van der Waals surface area (Å²) in [6.45, 7) is 1.74. The molecule has 1 saturated heterocycles. The Morgan fingerprint density at radius 2 is 1.89 bits per heavy atom. The number of carbonyl (C=O) groups excluding carboxylic acids is 1. The van der Waals surface area contributed by atoms with Crippen LogP contribution in [0.15, 0.2) is 23.1 Å². The molecule has 18 heavy (non-hydrogen) atoms. The predicted octanol–water partition coefficient (Wildman–Crippen LogP) is 1.64. The van der Waals surface area contributed by atoms with Gasteiger partial charge < -0.3 is 9.88 Å². The van der Waals surface area contributed by atoms with E-state index >= 15 is 0 Å². The van der Waals surface area contributed by atoms with Crippen LogP contribution in [0.4, 0.5) is 0 Å². The number of nitrogens with zero attached hydrogens (tertiary/aromatic N) is 1. The molecule has 2 atom stereocenters. The van der Waals surface area contributed by atoms with Crippen molar-refractivity contribution < 1.29 is 4.79 Å². The van der Waals surface area contributed by atoms with Gasteiger partial charge in [0.05, 0.1) is 0 Å². The first kappa shape index (κ1) is 11.5. The second kappa shape index (κ2) is 4.59. The Bertz CT molecular complexity index is 495. The highest BCUT2D eigenvalue weighted by Gasteiger charge is 2.36. The minimum Gasteiger partial charge on any atom is -0.338 e. The number of nitrogens with one attached hydrogen (secondary N) is 1. The molecule has 2 unspecified atom stereocenters. The molecular formula is C14H18N2O2. The number of aromatic amines is 1. The average molecular weight is 246 g/mol. The number of hydrogen-bond donors (Lipinski definition) is 1. The van der Waals surface area contributed by atoms with Gasteiger partial charge in [-0.1, -0.05) is 12.8 Å². The third kappa shape index (κ3) is 2.07. The highest BCUT2D eigenvalue weighted by Crippen LogP contribution is 2.36. The fraction of sp³-hybridized carbons (Fsp3) is 0.571. The monoisotopic (exact) mass is 246 g/mol. The number of rotatable bonds is 1. The number of hydrogen-bond acceptors (Lipinski definition) is 2. The van der Waals surface area contributed by atoms with Gasteiger partial charge in [-0.3, -0.25) is 9.59 Å². The second-order valence-electron chi connectivity index (χ2n) is 5.46. The van der Waals surface area contributed by atoms with Crippen LogP contribution in [0, 0.1) is 11.8 Å². The highest BCUT2D eigenvalue weighted by atomic mass is 16.2. The lowest BCUT2D eigenvalue weighted by atomic mass is 9.82. The van der Waals surface area contributed by atoms with Gasteiger partial charge in [-0.25, -0.2) is 0 Å². The van der Waals surface area contributed by atoms with Crippen LogP contribution in [0.5, 0.6) is 0 Å². The standard InChI is InChI=1S/C14H18N2O2/c17-13-7-10(5-6-15-13)14(18)16-8-11-3-1-2-4-12(11)9-16/h5-7,11-12H,1-4,8-9H2,(H,15,17). The van der Waals surface area contributed by atoms with Crippen molar-refractivity contribution in [2.24, 2.45) is 11.8 Å². The van der Waals surface area contributed by atoms with Gasteiger partial charge in [-0.05, 0) is 30.7 Å². The van der Waals surface area contributed by atoms with Gasteiger partial charge in [-0.15, -0.1) is 0 Å². The van der Waals surface area contributed by atoms with Crippen molar-refractivity contribution in [3.8, 4) is 0 Å². The van der Waals surface area contributed by atoms with Crippen LogP contribution >= 0.6 is 0 Å². The summed E-state index contributed by atoms with van der Waals surface area (Å²) in [5, 5.41) is 0. The lowest BCUT2D eigenvalue weighted by molar-refractivity contribution is 0.0783. The van der Waals surface area contributed by atoms with Crippen molar-refractivity contribution in [3.05, 3.63) is 34.2 Å². The SMILES string of the molecule is O=C(c1cc[nH]c(=O)c1)N1CC2CCCCC2C1. The number of aromatic nitrogens is 1. The van der Waals surface area contributed by atoms with Gasteiger partial charge in [0, 0.05) is 30.9 Å². The van der Waals surface area contributed by atoms with E-state index in [1.165, 1.54) is 31.7 Å². The fourth-order valence-corrected chi connectivity index (χ4v) is 3.33. The molecular weight excluding hydrogens is 228 g/mol. The van der Waals surface area contributed by atoms with Crippen molar-refractivity contribution in [1.82, 2.24) is 9.88 Å². The van der Waals surface area contributed by atoms with Crippen LogP contribution in [-0.4, -0.2) is 28.9 Å². The van der Waals surface area contributed by atoms with Gasteiger partial charge >= 0.3 is 0 Å². The zero-order valence-corrected chi connectivity index (χ0v) is 10.4. The predicted molar refractivity (Wildman–Crippen MR) is 68.4 cm³/mol. The molecule has 1 aromatic heterocycles. The molecule has 2 heterocycles. The van der Waals surface area contributed by atoms with E-state index in [0.29, 0.717) is 17.4 Å². The van der Waals surface area contributed by atoms with E-state index in [9.17, 15) is 9.59 Å². The lowest BCUT2D eigenvalue weighted by Crippen LogP contribution is -2.29. The Kier molecular flexibility index (Phi) is 2.94. The average Bonchev–Trinajstić information content (AvgIpc) is 2.81. The molecule has 2 fully saturated rings. The van der Waals surface area contributed by atoms with Crippen molar-refractivity contribution >= 4 is 5.91 Å². The summed E-state index contributed by atoms with van der Waals surface area (Å²) < 4.78 is 0. The second-order valence-corrected chi connectivity index (χ2v) is 5.46. The van der Waals surface area contributed by atoms with Crippen LogP contribution in [0.25, 0.3) is 0 Å². The Morgan fingerprint density at radius 3 is 2.50 bits per heavy atom. The Labute approximate surface area is 106 Å². The molecule has 0 spiro atoms. The van der Waals surface area contributed by atoms with Crippen LogP contribution in [0.2, 0.25) is 0 Å².